The van der Waals surface area contributed by atoms with E-state index in [1.807, 2.05) is 0 Å². The van der Waals surface area contributed by atoms with Crippen molar-refractivity contribution in [3.8, 4) is 0 Å². The third-order valence-corrected chi connectivity index (χ3v) is 5.47. The minimum Gasteiger partial charge on any atom is -0.397 e. The zero-order valence-electron chi connectivity index (χ0n) is 13.2. The van der Waals surface area contributed by atoms with Gasteiger partial charge < -0.3 is 5.73 Å². The van der Waals surface area contributed by atoms with Crippen molar-refractivity contribution >= 4 is 33.0 Å². The molecule has 0 radical (unpaired) electrons. The van der Waals surface area contributed by atoms with E-state index in [0.29, 0.717) is 17.0 Å². The summed E-state index contributed by atoms with van der Waals surface area (Å²) in [5.41, 5.74) is 6.18. The SMILES string of the molecule is Nc1c(C(=O)c2ccc(F)cc2F)sc2nc(C(F)F)cc(C3CC3)c12. The van der Waals surface area contributed by atoms with Gasteiger partial charge in [0.25, 0.3) is 6.43 Å². The van der Waals surface area contributed by atoms with Crippen molar-refractivity contribution in [2.24, 2.45) is 0 Å². The van der Waals surface area contributed by atoms with Crippen LogP contribution in [0.1, 0.15) is 51.7 Å². The van der Waals surface area contributed by atoms with Gasteiger partial charge in [0.1, 0.15) is 27.0 Å². The van der Waals surface area contributed by atoms with Crippen molar-refractivity contribution in [3.05, 3.63) is 57.6 Å². The molecule has 1 fully saturated rings. The van der Waals surface area contributed by atoms with Crippen LogP contribution in [0.5, 0.6) is 0 Å². The second-order valence-corrected chi connectivity index (χ2v) is 7.19. The Balaban J connectivity index is 1.90. The number of alkyl halides is 2. The molecule has 0 amide bonds. The molecule has 3 nitrogen and oxygen atoms in total. The number of rotatable bonds is 4. The summed E-state index contributed by atoms with van der Waals surface area (Å²) in [5.74, 6) is -2.41. The molecule has 134 valence electrons. The number of benzene rings is 1. The van der Waals surface area contributed by atoms with Crippen molar-refractivity contribution in [1.29, 1.82) is 0 Å². The number of nitrogens with zero attached hydrogens (tertiary/aromatic N) is 1. The molecule has 3 aromatic rings. The second-order valence-electron chi connectivity index (χ2n) is 6.19. The van der Waals surface area contributed by atoms with Gasteiger partial charge in [-0.05, 0) is 42.5 Å². The fourth-order valence-electron chi connectivity index (χ4n) is 2.96. The van der Waals surface area contributed by atoms with Gasteiger partial charge in [-0.15, -0.1) is 11.3 Å². The Bertz CT molecular complexity index is 1040. The van der Waals surface area contributed by atoms with Crippen LogP contribution < -0.4 is 5.73 Å². The van der Waals surface area contributed by atoms with Crippen LogP contribution in [0.4, 0.5) is 23.2 Å². The van der Waals surface area contributed by atoms with Gasteiger partial charge in [0, 0.05) is 11.5 Å². The predicted molar refractivity (Wildman–Crippen MR) is 90.8 cm³/mol. The van der Waals surface area contributed by atoms with Crippen molar-refractivity contribution in [2.45, 2.75) is 25.2 Å². The molecule has 2 heterocycles. The number of anilines is 1. The van der Waals surface area contributed by atoms with Gasteiger partial charge >= 0.3 is 0 Å². The van der Waals surface area contributed by atoms with Gasteiger partial charge in [-0.1, -0.05) is 0 Å². The summed E-state index contributed by atoms with van der Waals surface area (Å²) in [6.45, 7) is 0. The first-order valence-corrected chi connectivity index (χ1v) is 8.69. The monoisotopic (exact) mass is 380 g/mol. The average molecular weight is 380 g/mol. The van der Waals surface area contributed by atoms with Gasteiger partial charge in [0.15, 0.2) is 0 Å². The predicted octanol–water partition coefficient (Wildman–Crippen LogP) is 5.20. The highest BCUT2D eigenvalue weighted by atomic mass is 32.1. The molecule has 2 aromatic heterocycles. The van der Waals surface area contributed by atoms with Crippen LogP contribution in [0.2, 0.25) is 0 Å². The standard InChI is InChI=1S/C18H12F4N2OS/c19-8-3-4-9(11(20)5-8)15(25)16-14(23)13-10(7-1-2-7)6-12(17(21)22)24-18(13)26-16/h3-7,17H,1-2,23H2. The molecule has 0 unspecified atom stereocenters. The van der Waals surface area contributed by atoms with E-state index in [1.165, 1.54) is 6.07 Å². The topological polar surface area (TPSA) is 56.0 Å². The number of carbonyl (C=O) groups is 1. The highest BCUT2D eigenvalue weighted by Crippen LogP contribution is 2.48. The Morgan fingerprint density at radius 3 is 2.58 bits per heavy atom. The first-order chi connectivity index (χ1) is 12.4. The van der Waals surface area contributed by atoms with Gasteiger partial charge in [0.2, 0.25) is 5.78 Å². The maximum atomic E-state index is 13.9. The Hall–Kier alpha value is -2.48. The number of pyridine rings is 1. The van der Waals surface area contributed by atoms with Crippen LogP contribution in [0.25, 0.3) is 10.2 Å². The number of hydrogen-bond donors (Lipinski definition) is 1. The summed E-state index contributed by atoms with van der Waals surface area (Å²) in [4.78, 5) is 16.8. The van der Waals surface area contributed by atoms with Gasteiger partial charge in [-0.3, -0.25) is 4.79 Å². The number of aromatic nitrogens is 1. The molecule has 1 aliphatic rings. The van der Waals surface area contributed by atoms with Crippen molar-refractivity contribution in [3.63, 3.8) is 0 Å². The van der Waals surface area contributed by atoms with Crippen LogP contribution in [0.3, 0.4) is 0 Å². The van der Waals surface area contributed by atoms with Crippen LogP contribution in [-0.2, 0) is 0 Å². The van der Waals surface area contributed by atoms with E-state index in [0.717, 1.165) is 36.3 Å². The lowest BCUT2D eigenvalue weighted by Gasteiger charge is -2.06. The smallest absolute Gasteiger partial charge is 0.280 e. The number of hydrogen-bond acceptors (Lipinski definition) is 4. The maximum absolute atomic E-state index is 13.9. The largest absolute Gasteiger partial charge is 0.397 e. The summed E-state index contributed by atoms with van der Waals surface area (Å²) in [6.07, 6.45) is -1.03. The van der Waals surface area contributed by atoms with E-state index in [-0.39, 0.29) is 32.6 Å². The van der Waals surface area contributed by atoms with Crippen molar-refractivity contribution in [1.82, 2.24) is 4.98 Å². The molecule has 0 aliphatic heterocycles. The van der Waals surface area contributed by atoms with Crippen molar-refractivity contribution in [2.75, 3.05) is 5.73 Å². The Morgan fingerprint density at radius 2 is 1.96 bits per heavy atom. The number of thiophene rings is 1. The average Bonchev–Trinajstić information content (AvgIpc) is 3.37. The Morgan fingerprint density at radius 1 is 1.23 bits per heavy atom. The van der Waals surface area contributed by atoms with Crippen LogP contribution in [-0.4, -0.2) is 10.8 Å². The molecule has 4 rings (SSSR count). The quantitative estimate of drug-likeness (QED) is 0.500. The van der Waals surface area contributed by atoms with Gasteiger partial charge in [0.05, 0.1) is 11.3 Å². The minimum atomic E-state index is -2.74. The molecular formula is C18H12F4N2OS. The number of nitrogen functional groups attached to an aromatic ring is 1. The third-order valence-electron chi connectivity index (χ3n) is 4.37. The molecule has 1 aliphatic carbocycles. The lowest BCUT2D eigenvalue weighted by Crippen LogP contribution is -2.05. The van der Waals surface area contributed by atoms with Crippen LogP contribution in [0, 0.1) is 11.6 Å². The Kier molecular flexibility index (Phi) is 3.95. The lowest BCUT2D eigenvalue weighted by atomic mass is 10.0. The number of halogens is 4. The summed E-state index contributed by atoms with van der Waals surface area (Å²) >= 11 is 0.851. The molecule has 0 atom stereocenters. The number of fused-ring (bicyclic) bond motifs is 1. The molecule has 0 spiro atoms. The molecule has 26 heavy (non-hydrogen) atoms. The van der Waals surface area contributed by atoms with E-state index in [1.54, 1.807) is 0 Å². The third kappa shape index (κ3) is 2.74. The summed E-state index contributed by atoms with van der Waals surface area (Å²) in [6, 6.07) is 3.96. The fraction of sp³-hybridized carbons (Fsp3) is 0.222. The zero-order chi connectivity index (χ0) is 18.6. The van der Waals surface area contributed by atoms with Crippen LogP contribution >= 0.6 is 11.3 Å². The number of carbonyl (C=O) groups excluding carboxylic acids is 1. The van der Waals surface area contributed by atoms with E-state index in [9.17, 15) is 22.4 Å². The Labute approximate surface area is 149 Å². The fourth-order valence-corrected chi connectivity index (χ4v) is 4.05. The molecule has 8 heteroatoms. The zero-order valence-corrected chi connectivity index (χ0v) is 14.0. The van der Waals surface area contributed by atoms with E-state index >= 15 is 0 Å². The van der Waals surface area contributed by atoms with E-state index in [4.69, 9.17) is 5.73 Å². The minimum absolute atomic E-state index is 0.0197. The molecule has 0 bridgehead atoms. The molecular weight excluding hydrogens is 368 g/mol. The first-order valence-electron chi connectivity index (χ1n) is 7.87. The highest BCUT2D eigenvalue weighted by Gasteiger charge is 2.31. The summed E-state index contributed by atoms with van der Waals surface area (Å²) in [5, 5.41) is 0.479. The van der Waals surface area contributed by atoms with E-state index < -0.39 is 23.8 Å². The number of ketones is 1. The van der Waals surface area contributed by atoms with Gasteiger partial charge in [-0.2, -0.15) is 0 Å². The highest BCUT2D eigenvalue weighted by molar-refractivity contribution is 7.21. The molecule has 0 saturated heterocycles. The van der Waals surface area contributed by atoms with Gasteiger partial charge in [-0.25, -0.2) is 22.5 Å². The second kappa shape index (κ2) is 6.05. The summed E-state index contributed by atoms with van der Waals surface area (Å²) < 4.78 is 53.3. The molecule has 2 N–H and O–H groups in total. The van der Waals surface area contributed by atoms with Crippen molar-refractivity contribution < 1.29 is 22.4 Å². The number of nitrogens with two attached hydrogens (primary N) is 1. The normalized spacial score (nSPS) is 14.3. The summed E-state index contributed by atoms with van der Waals surface area (Å²) in [7, 11) is 0. The molecule has 1 aromatic carbocycles. The lowest BCUT2D eigenvalue weighted by molar-refractivity contribution is 0.103. The maximum Gasteiger partial charge on any atom is 0.280 e. The first kappa shape index (κ1) is 17.0. The van der Waals surface area contributed by atoms with E-state index in [2.05, 4.69) is 4.98 Å². The van der Waals surface area contributed by atoms with Crippen LogP contribution in [0.15, 0.2) is 24.3 Å². The molecule has 1 saturated carbocycles.